The van der Waals surface area contributed by atoms with Gasteiger partial charge in [-0.2, -0.15) is 0 Å². The Morgan fingerprint density at radius 3 is 1.63 bits per heavy atom. The molecular formula is C29H37B. The van der Waals surface area contributed by atoms with Crippen molar-refractivity contribution in [2.24, 2.45) is 0 Å². The molecule has 0 radical (unpaired) electrons. The van der Waals surface area contributed by atoms with Gasteiger partial charge in [-0.15, -0.1) is 0 Å². The van der Waals surface area contributed by atoms with Gasteiger partial charge in [0.05, 0.1) is 0 Å². The first-order valence-electron chi connectivity index (χ1n) is 11.8. The Bertz CT molecular complexity index is 861. The number of benzene rings is 3. The van der Waals surface area contributed by atoms with Crippen molar-refractivity contribution in [1.82, 2.24) is 0 Å². The quantitative estimate of drug-likeness (QED) is 0.290. The van der Waals surface area contributed by atoms with E-state index in [-0.39, 0.29) is 6.71 Å². The highest BCUT2D eigenvalue weighted by Gasteiger charge is 2.22. The van der Waals surface area contributed by atoms with Gasteiger partial charge in [0, 0.05) is 0 Å². The van der Waals surface area contributed by atoms with Crippen molar-refractivity contribution in [3.63, 3.8) is 0 Å². The molecule has 0 saturated heterocycles. The highest BCUT2D eigenvalue weighted by atomic mass is 14.1. The minimum absolute atomic E-state index is 0.287. The van der Waals surface area contributed by atoms with Gasteiger partial charge in [0.25, 0.3) is 0 Å². The zero-order chi connectivity index (χ0) is 21.3. The highest BCUT2D eigenvalue weighted by Crippen LogP contribution is 2.13. The molecule has 0 aliphatic rings. The van der Waals surface area contributed by atoms with E-state index in [2.05, 4.69) is 94.4 Å². The molecule has 0 aliphatic heterocycles. The lowest BCUT2D eigenvalue weighted by molar-refractivity contribution is 0.607. The lowest BCUT2D eigenvalue weighted by atomic mass is 9.36. The first-order valence-corrected chi connectivity index (χ1v) is 11.8. The molecule has 3 rings (SSSR count). The summed E-state index contributed by atoms with van der Waals surface area (Å²) < 4.78 is 0. The first kappa shape index (κ1) is 22.4. The van der Waals surface area contributed by atoms with Crippen LogP contribution in [0.15, 0.2) is 66.7 Å². The topological polar surface area (TPSA) is 0 Å². The molecule has 3 aromatic rings. The van der Waals surface area contributed by atoms with Gasteiger partial charge in [-0.1, -0.05) is 133 Å². The highest BCUT2D eigenvalue weighted by molar-refractivity contribution is 6.95. The second kappa shape index (κ2) is 11.2. The van der Waals surface area contributed by atoms with Gasteiger partial charge < -0.3 is 0 Å². The maximum Gasteiger partial charge on any atom is 0.241 e. The van der Waals surface area contributed by atoms with Crippen molar-refractivity contribution in [3.05, 3.63) is 89.0 Å². The van der Waals surface area contributed by atoms with Crippen LogP contribution in [0, 0.1) is 20.8 Å². The van der Waals surface area contributed by atoms with E-state index in [4.69, 9.17) is 0 Å². The van der Waals surface area contributed by atoms with Gasteiger partial charge in [0.15, 0.2) is 0 Å². The number of unbranched alkanes of at least 4 members (excludes halogenated alkanes) is 5. The fourth-order valence-electron chi connectivity index (χ4n) is 4.33. The maximum atomic E-state index is 2.48. The summed E-state index contributed by atoms with van der Waals surface area (Å²) in [6.45, 7) is 9.16. The van der Waals surface area contributed by atoms with Gasteiger partial charge >= 0.3 is 0 Å². The molecule has 0 aliphatic carbocycles. The van der Waals surface area contributed by atoms with Crippen LogP contribution in [-0.4, -0.2) is 6.71 Å². The molecule has 0 N–H and O–H groups in total. The van der Waals surface area contributed by atoms with Gasteiger partial charge in [0.2, 0.25) is 6.71 Å². The summed E-state index contributed by atoms with van der Waals surface area (Å²) >= 11 is 0. The zero-order valence-electron chi connectivity index (χ0n) is 19.4. The molecule has 30 heavy (non-hydrogen) atoms. The standard InChI is InChI=1S/C29H37B/c1-5-6-7-8-9-10-11-26-22-29(21-16-25(26)4)30(27-17-12-23(2)13-18-27)28-19-14-24(3)15-20-28/h12-22H,5-11H2,1-4H3. The zero-order valence-corrected chi connectivity index (χ0v) is 19.4. The van der Waals surface area contributed by atoms with Crippen LogP contribution < -0.4 is 16.4 Å². The molecule has 0 atom stereocenters. The lowest BCUT2D eigenvalue weighted by Crippen LogP contribution is -2.52. The predicted octanol–water partition coefficient (Wildman–Crippen LogP) is 6.03. The summed E-state index contributed by atoms with van der Waals surface area (Å²) in [4.78, 5) is 0. The number of rotatable bonds is 10. The Balaban J connectivity index is 1.86. The molecule has 0 aromatic heterocycles. The van der Waals surface area contributed by atoms with Crippen LogP contribution in [0.1, 0.15) is 67.7 Å². The third-order valence-corrected chi connectivity index (χ3v) is 6.33. The van der Waals surface area contributed by atoms with Gasteiger partial charge in [-0.05, 0) is 44.7 Å². The van der Waals surface area contributed by atoms with Crippen molar-refractivity contribution in [2.75, 3.05) is 0 Å². The van der Waals surface area contributed by atoms with Crippen molar-refractivity contribution < 1.29 is 0 Å². The SMILES string of the molecule is CCCCCCCCc1cc(B(c2ccc(C)cc2)c2ccc(C)cc2)ccc1C. The monoisotopic (exact) mass is 396 g/mol. The maximum absolute atomic E-state index is 2.48. The largest absolute Gasteiger partial charge is 0.241 e. The number of aryl methyl sites for hydroxylation is 4. The minimum atomic E-state index is 0.287. The minimum Gasteiger partial charge on any atom is -0.0687 e. The van der Waals surface area contributed by atoms with E-state index in [1.54, 1.807) is 0 Å². The van der Waals surface area contributed by atoms with Crippen LogP contribution in [0.5, 0.6) is 0 Å². The normalized spacial score (nSPS) is 10.9. The second-order valence-electron chi connectivity index (χ2n) is 8.96. The van der Waals surface area contributed by atoms with E-state index >= 15 is 0 Å². The molecule has 0 nitrogen and oxygen atoms in total. The summed E-state index contributed by atoms with van der Waals surface area (Å²) in [6, 6.07) is 25.3. The molecule has 0 spiro atoms. The van der Waals surface area contributed by atoms with E-state index in [1.807, 2.05) is 0 Å². The Labute approximate surface area is 184 Å². The van der Waals surface area contributed by atoms with E-state index in [0.717, 1.165) is 0 Å². The van der Waals surface area contributed by atoms with Crippen molar-refractivity contribution in [2.45, 2.75) is 72.6 Å². The van der Waals surface area contributed by atoms with Crippen LogP contribution in [0.3, 0.4) is 0 Å². The molecule has 0 heterocycles. The molecule has 0 saturated carbocycles. The molecule has 3 aromatic carbocycles. The lowest BCUT2D eigenvalue weighted by Gasteiger charge is -2.18. The molecule has 0 amide bonds. The number of hydrogen-bond acceptors (Lipinski definition) is 0. The molecule has 0 fully saturated rings. The van der Waals surface area contributed by atoms with Crippen molar-refractivity contribution >= 4 is 23.1 Å². The summed E-state index contributed by atoms with van der Waals surface area (Å²) in [5.41, 5.74) is 9.74. The van der Waals surface area contributed by atoms with E-state index in [1.165, 1.54) is 83.6 Å². The van der Waals surface area contributed by atoms with Crippen LogP contribution in [0.4, 0.5) is 0 Å². The summed E-state index contributed by atoms with van der Waals surface area (Å²) in [5.74, 6) is 0. The second-order valence-corrected chi connectivity index (χ2v) is 8.96. The third kappa shape index (κ3) is 6.11. The fourth-order valence-corrected chi connectivity index (χ4v) is 4.33. The number of hydrogen-bond donors (Lipinski definition) is 0. The van der Waals surface area contributed by atoms with Gasteiger partial charge in [-0.25, -0.2) is 0 Å². The average Bonchev–Trinajstić information content (AvgIpc) is 2.75. The smallest absolute Gasteiger partial charge is 0.0687 e. The fraction of sp³-hybridized carbons (Fsp3) is 0.379. The Kier molecular flexibility index (Phi) is 8.37. The van der Waals surface area contributed by atoms with Crippen molar-refractivity contribution in [3.8, 4) is 0 Å². The van der Waals surface area contributed by atoms with E-state index in [0.29, 0.717) is 0 Å². The summed E-state index contributed by atoms with van der Waals surface area (Å²) in [7, 11) is 0. The molecule has 1 heteroatoms. The average molecular weight is 396 g/mol. The predicted molar refractivity (Wildman–Crippen MR) is 135 cm³/mol. The van der Waals surface area contributed by atoms with E-state index in [9.17, 15) is 0 Å². The third-order valence-electron chi connectivity index (χ3n) is 6.33. The van der Waals surface area contributed by atoms with Crippen LogP contribution in [0.25, 0.3) is 0 Å². The van der Waals surface area contributed by atoms with Gasteiger partial charge in [0.1, 0.15) is 0 Å². The molecule has 0 bridgehead atoms. The molecular weight excluding hydrogens is 359 g/mol. The Morgan fingerprint density at radius 2 is 1.07 bits per heavy atom. The Hall–Kier alpha value is -2.28. The first-order chi connectivity index (χ1) is 14.6. The van der Waals surface area contributed by atoms with E-state index < -0.39 is 0 Å². The van der Waals surface area contributed by atoms with Crippen molar-refractivity contribution in [1.29, 1.82) is 0 Å². The molecule has 156 valence electrons. The van der Waals surface area contributed by atoms with Crippen LogP contribution in [0.2, 0.25) is 0 Å². The molecule has 0 unspecified atom stereocenters. The Morgan fingerprint density at radius 1 is 0.567 bits per heavy atom. The summed E-state index contributed by atoms with van der Waals surface area (Å²) in [6.07, 6.45) is 9.31. The van der Waals surface area contributed by atoms with Crippen LogP contribution in [-0.2, 0) is 6.42 Å². The summed E-state index contributed by atoms with van der Waals surface area (Å²) in [5, 5.41) is 0. The van der Waals surface area contributed by atoms with Crippen LogP contribution >= 0.6 is 0 Å². The van der Waals surface area contributed by atoms with Gasteiger partial charge in [-0.3, -0.25) is 0 Å².